The molecule has 3 rings (SSSR count). The SMILES string of the molecule is CCCN1C[C@@H](CN)Oc2c(-c3ccccc3Cl)cccc21. The highest BCUT2D eigenvalue weighted by Gasteiger charge is 2.27. The first kappa shape index (κ1) is 15.2. The summed E-state index contributed by atoms with van der Waals surface area (Å²) in [5, 5.41) is 0.733. The number of ether oxygens (including phenoxy) is 1. The van der Waals surface area contributed by atoms with Crippen molar-refractivity contribution in [3.05, 3.63) is 47.5 Å². The van der Waals surface area contributed by atoms with Crippen LogP contribution in [0.2, 0.25) is 5.02 Å². The van der Waals surface area contributed by atoms with Crippen LogP contribution < -0.4 is 15.4 Å². The standard InChI is InChI=1S/C18H21ClN2O/c1-2-10-21-12-13(11-20)22-18-15(7-5-9-17(18)21)14-6-3-4-8-16(14)19/h3-9,13H,2,10-12,20H2,1H3/t13-/m1/s1. The summed E-state index contributed by atoms with van der Waals surface area (Å²) < 4.78 is 6.17. The van der Waals surface area contributed by atoms with Gasteiger partial charge >= 0.3 is 0 Å². The van der Waals surface area contributed by atoms with Gasteiger partial charge in [-0.1, -0.05) is 48.9 Å². The maximum absolute atomic E-state index is 6.38. The first-order valence-corrected chi connectivity index (χ1v) is 8.12. The molecule has 0 aromatic heterocycles. The normalized spacial score (nSPS) is 17.0. The second kappa shape index (κ2) is 6.59. The molecule has 0 fully saturated rings. The van der Waals surface area contributed by atoms with Crippen molar-refractivity contribution in [2.75, 3.05) is 24.5 Å². The van der Waals surface area contributed by atoms with Crippen molar-refractivity contribution < 1.29 is 4.74 Å². The van der Waals surface area contributed by atoms with E-state index in [0.717, 1.165) is 47.1 Å². The summed E-state index contributed by atoms with van der Waals surface area (Å²) in [6.45, 7) is 4.53. The molecule has 22 heavy (non-hydrogen) atoms. The number of fused-ring (bicyclic) bond motifs is 1. The monoisotopic (exact) mass is 316 g/mol. The molecule has 0 unspecified atom stereocenters. The van der Waals surface area contributed by atoms with E-state index in [1.165, 1.54) is 0 Å². The molecule has 116 valence electrons. The molecule has 0 bridgehead atoms. The van der Waals surface area contributed by atoms with E-state index in [9.17, 15) is 0 Å². The van der Waals surface area contributed by atoms with Crippen molar-refractivity contribution >= 4 is 17.3 Å². The third kappa shape index (κ3) is 2.79. The van der Waals surface area contributed by atoms with Crippen LogP contribution in [0.4, 0.5) is 5.69 Å². The van der Waals surface area contributed by atoms with Gasteiger partial charge in [0, 0.05) is 29.2 Å². The number of benzene rings is 2. The second-order valence-electron chi connectivity index (χ2n) is 5.56. The van der Waals surface area contributed by atoms with Gasteiger partial charge in [0.15, 0.2) is 5.75 Å². The molecule has 0 radical (unpaired) electrons. The smallest absolute Gasteiger partial charge is 0.151 e. The number of anilines is 1. The van der Waals surface area contributed by atoms with Gasteiger partial charge in [0.1, 0.15) is 6.10 Å². The van der Waals surface area contributed by atoms with Crippen LogP contribution in [-0.2, 0) is 0 Å². The highest BCUT2D eigenvalue weighted by molar-refractivity contribution is 6.33. The lowest BCUT2D eigenvalue weighted by atomic mass is 10.0. The number of nitrogens with two attached hydrogens (primary N) is 1. The number of hydrogen-bond acceptors (Lipinski definition) is 3. The summed E-state index contributed by atoms with van der Waals surface area (Å²) in [6.07, 6.45) is 1.11. The lowest BCUT2D eigenvalue weighted by molar-refractivity contribution is 0.202. The van der Waals surface area contributed by atoms with Crippen molar-refractivity contribution in [3.8, 4) is 16.9 Å². The van der Waals surface area contributed by atoms with Crippen LogP contribution in [0, 0.1) is 0 Å². The summed E-state index contributed by atoms with van der Waals surface area (Å²) in [5.41, 5.74) is 9.01. The molecule has 1 aliphatic heterocycles. The molecule has 1 heterocycles. The van der Waals surface area contributed by atoms with Crippen LogP contribution in [0.25, 0.3) is 11.1 Å². The maximum atomic E-state index is 6.38. The highest BCUT2D eigenvalue weighted by Crippen LogP contribution is 2.43. The fraction of sp³-hybridized carbons (Fsp3) is 0.333. The van der Waals surface area contributed by atoms with Gasteiger partial charge in [0.25, 0.3) is 0 Å². The van der Waals surface area contributed by atoms with E-state index in [2.05, 4.69) is 30.0 Å². The van der Waals surface area contributed by atoms with E-state index in [0.29, 0.717) is 6.54 Å². The molecule has 0 amide bonds. The average Bonchev–Trinajstić information content (AvgIpc) is 2.55. The molecule has 2 aromatic carbocycles. The number of para-hydroxylation sites is 1. The van der Waals surface area contributed by atoms with E-state index >= 15 is 0 Å². The Kier molecular flexibility index (Phi) is 4.55. The largest absolute Gasteiger partial charge is 0.484 e. The van der Waals surface area contributed by atoms with Crippen LogP contribution in [-0.4, -0.2) is 25.7 Å². The molecule has 2 aromatic rings. The van der Waals surface area contributed by atoms with Gasteiger partial charge in [-0.3, -0.25) is 0 Å². The predicted octanol–water partition coefficient (Wildman–Crippen LogP) is 3.94. The number of rotatable bonds is 4. The van der Waals surface area contributed by atoms with E-state index in [-0.39, 0.29) is 6.10 Å². The second-order valence-corrected chi connectivity index (χ2v) is 5.96. The first-order chi connectivity index (χ1) is 10.7. The molecule has 1 atom stereocenters. The molecule has 1 aliphatic rings. The minimum atomic E-state index is 0.0164. The molecular formula is C18H21ClN2O. The third-order valence-corrected chi connectivity index (χ3v) is 4.29. The molecule has 0 saturated carbocycles. The minimum Gasteiger partial charge on any atom is -0.484 e. The molecule has 0 spiro atoms. The summed E-state index contributed by atoms with van der Waals surface area (Å²) in [5.74, 6) is 0.894. The maximum Gasteiger partial charge on any atom is 0.151 e. The van der Waals surface area contributed by atoms with Crippen LogP contribution in [0.1, 0.15) is 13.3 Å². The quantitative estimate of drug-likeness (QED) is 0.928. The van der Waals surface area contributed by atoms with E-state index < -0.39 is 0 Å². The number of nitrogens with zero attached hydrogens (tertiary/aromatic N) is 1. The zero-order chi connectivity index (χ0) is 15.5. The zero-order valence-electron chi connectivity index (χ0n) is 12.8. The molecule has 3 nitrogen and oxygen atoms in total. The fourth-order valence-corrected chi connectivity index (χ4v) is 3.18. The van der Waals surface area contributed by atoms with Gasteiger partial charge in [-0.25, -0.2) is 0 Å². The van der Waals surface area contributed by atoms with Gasteiger partial charge in [-0.05, 0) is 18.6 Å². The summed E-state index contributed by atoms with van der Waals surface area (Å²) in [6, 6.07) is 14.1. The van der Waals surface area contributed by atoms with Gasteiger partial charge < -0.3 is 15.4 Å². The molecule has 0 saturated heterocycles. The van der Waals surface area contributed by atoms with Crippen molar-refractivity contribution in [3.63, 3.8) is 0 Å². The van der Waals surface area contributed by atoms with Gasteiger partial charge in [-0.15, -0.1) is 0 Å². The Morgan fingerprint density at radius 2 is 1.95 bits per heavy atom. The van der Waals surface area contributed by atoms with Gasteiger partial charge in [-0.2, -0.15) is 0 Å². The Morgan fingerprint density at radius 3 is 2.68 bits per heavy atom. The van der Waals surface area contributed by atoms with Crippen LogP contribution in [0.15, 0.2) is 42.5 Å². The van der Waals surface area contributed by atoms with Crippen molar-refractivity contribution in [1.82, 2.24) is 0 Å². The first-order valence-electron chi connectivity index (χ1n) is 7.74. The van der Waals surface area contributed by atoms with Gasteiger partial charge in [0.2, 0.25) is 0 Å². The highest BCUT2D eigenvalue weighted by atomic mass is 35.5. The Balaban J connectivity index is 2.11. The molecule has 2 N–H and O–H groups in total. The van der Waals surface area contributed by atoms with E-state index in [1.54, 1.807) is 0 Å². The van der Waals surface area contributed by atoms with Gasteiger partial charge in [0.05, 0.1) is 12.2 Å². The van der Waals surface area contributed by atoms with Crippen molar-refractivity contribution in [1.29, 1.82) is 0 Å². The zero-order valence-corrected chi connectivity index (χ0v) is 13.5. The average molecular weight is 317 g/mol. The lowest BCUT2D eigenvalue weighted by Crippen LogP contribution is -2.44. The lowest BCUT2D eigenvalue weighted by Gasteiger charge is -2.37. The summed E-state index contributed by atoms with van der Waals surface area (Å²) in [7, 11) is 0. The summed E-state index contributed by atoms with van der Waals surface area (Å²) in [4.78, 5) is 2.36. The number of halogens is 1. The van der Waals surface area contributed by atoms with Crippen molar-refractivity contribution in [2.45, 2.75) is 19.4 Å². The molecule has 4 heteroatoms. The van der Waals surface area contributed by atoms with Crippen LogP contribution in [0.3, 0.4) is 0 Å². The Labute approximate surface area is 136 Å². The Morgan fingerprint density at radius 1 is 1.18 bits per heavy atom. The van der Waals surface area contributed by atoms with Crippen LogP contribution in [0.5, 0.6) is 5.75 Å². The van der Waals surface area contributed by atoms with Crippen LogP contribution >= 0.6 is 11.6 Å². The molecule has 0 aliphatic carbocycles. The Hall–Kier alpha value is -1.71. The van der Waals surface area contributed by atoms with E-state index in [1.807, 2.05) is 24.3 Å². The minimum absolute atomic E-state index is 0.0164. The van der Waals surface area contributed by atoms with E-state index in [4.69, 9.17) is 22.1 Å². The Bertz CT molecular complexity index is 659. The third-order valence-electron chi connectivity index (χ3n) is 3.96. The molecular weight excluding hydrogens is 296 g/mol. The number of hydrogen-bond donors (Lipinski definition) is 1. The summed E-state index contributed by atoms with van der Waals surface area (Å²) >= 11 is 6.38. The fourth-order valence-electron chi connectivity index (χ4n) is 2.94. The predicted molar refractivity (Wildman–Crippen MR) is 92.9 cm³/mol. The topological polar surface area (TPSA) is 38.5 Å². The van der Waals surface area contributed by atoms with Crippen molar-refractivity contribution in [2.24, 2.45) is 5.73 Å².